The number of aromatic amines is 1. The number of aromatic nitrogens is 1. The molecule has 0 aliphatic carbocycles. The molecule has 4 rings (SSSR count). The summed E-state index contributed by atoms with van der Waals surface area (Å²) < 4.78 is 18.6. The van der Waals surface area contributed by atoms with Crippen LogP contribution in [-0.4, -0.2) is 41.9 Å². The van der Waals surface area contributed by atoms with Crippen molar-refractivity contribution in [3.05, 3.63) is 59.0 Å². The molecule has 1 saturated heterocycles. The molecule has 1 aliphatic heterocycles. The van der Waals surface area contributed by atoms with E-state index in [1.165, 1.54) is 18.2 Å². The summed E-state index contributed by atoms with van der Waals surface area (Å²) in [7, 11) is 1.63. The van der Waals surface area contributed by atoms with E-state index in [0.717, 1.165) is 22.2 Å². The summed E-state index contributed by atoms with van der Waals surface area (Å²) in [5, 5.41) is 3.71. The second-order valence-corrected chi connectivity index (χ2v) is 7.74. The zero-order valence-corrected chi connectivity index (χ0v) is 17.1. The van der Waals surface area contributed by atoms with Crippen LogP contribution in [0.25, 0.3) is 10.9 Å². The van der Waals surface area contributed by atoms with E-state index in [0.29, 0.717) is 25.2 Å². The number of anilines is 1. The van der Waals surface area contributed by atoms with Gasteiger partial charge in [0.1, 0.15) is 11.6 Å². The molecule has 1 fully saturated rings. The van der Waals surface area contributed by atoms with Gasteiger partial charge in [-0.1, -0.05) is 11.6 Å². The molecule has 2 N–H and O–H groups in total. The third-order valence-corrected chi connectivity index (χ3v) is 5.69. The van der Waals surface area contributed by atoms with E-state index in [1.807, 2.05) is 24.4 Å². The van der Waals surface area contributed by atoms with E-state index in [-0.39, 0.29) is 23.3 Å². The fraction of sp³-hybridized carbons (Fsp3) is 0.273. The largest absolute Gasteiger partial charge is 0.497 e. The van der Waals surface area contributed by atoms with Crippen LogP contribution < -0.4 is 10.1 Å². The number of carbonyl (C=O) groups is 2. The van der Waals surface area contributed by atoms with Crippen LogP contribution in [0.2, 0.25) is 5.02 Å². The molecule has 1 atom stereocenters. The van der Waals surface area contributed by atoms with Gasteiger partial charge < -0.3 is 19.9 Å². The Balaban J connectivity index is 1.38. The number of hydrogen-bond acceptors (Lipinski definition) is 3. The summed E-state index contributed by atoms with van der Waals surface area (Å²) in [6, 6.07) is 9.82. The first-order valence-electron chi connectivity index (χ1n) is 9.62. The average molecular weight is 430 g/mol. The van der Waals surface area contributed by atoms with Crippen LogP contribution in [-0.2, 0) is 16.0 Å². The van der Waals surface area contributed by atoms with Gasteiger partial charge in [0.2, 0.25) is 11.8 Å². The summed E-state index contributed by atoms with van der Waals surface area (Å²) in [6.45, 7) is 0.875. The molecule has 0 bridgehead atoms. The lowest BCUT2D eigenvalue weighted by Crippen LogP contribution is -2.30. The number of rotatable bonds is 6. The lowest BCUT2D eigenvalue weighted by molar-refractivity contribution is -0.128. The van der Waals surface area contributed by atoms with Gasteiger partial charge in [0, 0.05) is 42.3 Å². The van der Waals surface area contributed by atoms with Gasteiger partial charge in [0.15, 0.2) is 0 Å². The van der Waals surface area contributed by atoms with Crippen molar-refractivity contribution in [1.29, 1.82) is 0 Å². The van der Waals surface area contributed by atoms with Crippen molar-refractivity contribution < 1.29 is 18.7 Å². The van der Waals surface area contributed by atoms with Crippen molar-refractivity contribution in [3.8, 4) is 5.75 Å². The highest BCUT2D eigenvalue weighted by Crippen LogP contribution is 2.26. The maximum Gasteiger partial charge on any atom is 0.229 e. The number of nitrogens with one attached hydrogen (secondary N) is 2. The molecule has 30 heavy (non-hydrogen) atoms. The highest BCUT2D eigenvalue weighted by atomic mass is 35.5. The summed E-state index contributed by atoms with van der Waals surface area (Å²) in [5.41, 5.74) is 2.50. The Kier molecular flexibility index (Phi) is 5.63. The molecule has 0 saturated carbocycles. The van der Waals surface area contributed by atoms with Gasteiger partial charge in [-0.05, 0) is 48.4 Å². The fourth-order valence-electron chi connectivity index (χ4n) is 3.73. The smallest absolute Gasteiger partial charge is 0.229 e. The molecule has 8 heteroatoms. The fourth-order valence-corrected chi connectivity index (χ4v) is 3.91. The van der Waals surface area contributed by atoms with Crippen molar-refractivity contribution in [2.75, 3.05) is 25.5 Å². The van der Waals surface area contributed by atoms with Gasteiger partial charge >= 0.3 is 0 Å². The molecule has 2 aromatic carbocycles. The number of fused-ring (bicyclic) bond motifs is 1. The average Bonchev–Trinajstić information content (AvgIpc) is 3.31. The highest BCUT2D eigenvalue weighted by molar-refractivity contribution is 6.31. The van der Waals surface area contributed by atoms with Gasteiger partial charge in [-0.15, -0.1) is 0 Å². The standard InChI is InChI=1S/C22H21ClFN3O3/c1-30-16-3-5-20-17(10-16)13(11-25-20)6-7-27-12-14(8-21(27)28)22(29)26-15-2-4-19(24)18(23)9-15/h2-5,9-11,14,25H,6-8,12H2,1H3,(H,26,29)/t14-/m0/s1. The van der Waals surface area contributed by atoms with Crippen LogP contribution >= 0.6 is 11.6 Å². The van der Waals surface area contributed by atoms with Crippen molar-refractivity contribution in [1.82, 2.24) is 9.88 Å². The minimum atomic E-state index is -0.549. The number of nitrogens with zero attached hydrogens (tertiary/aromatic N) is 1. The second-order valence-electron chi connectivity index (χ2n) is 7.33. The number of carbonyl (C=O) groups excluding carboxylic acids is 2. The van der Waals surface area contributed by atoms with Crippen molar-refractivity contribution >= 4 is 40.0 Å². The number of methoxy groups -OCH3 is 1. The number of likely N-dealkylation sites (tertiary alicyclic amines) is 1. The maximum atomic E-state index is 13.3. The zero-order chi connectivity index (χ0) is 21.3. The Hall–Kier alpha value is -3.06. The molecule has 6 nitrogen and oxygen atoms in total. The van der Waals surface area contributed by atoms with Crippen LogP contribution in [0.5, 0.6) is 5.75 Å². The Morgan fingerprint density at radius 3 is 2.93 bits per heavy atom. The topological polar surface area (TPSA) is 74.4 Å². The predicted molar refractivity (Wildman–Crippen MR) is 113 cm³/mol. The van der Waals surface area contributed by atoms with E-state index in [2.05, 4.69) is 10.3 Å². The van der Waals surface area contributed by atoms with E-state index in [1.54, 1.807) is 12.0 Å². The number of hydrogen-bond donors (Lipinski definition) is 2. The summed E-state index contributed by atoms with van der Waals surface area (Å²) >= 11 is 5.75. The monoisotopic (exact) mass is 429 g/mol. The third-order valence-electron chi connectivity index (χ3n) is 5.40. The van der Waals surface area contributed by atoms with Crippen LogP contribution in [0, 0.1) is 11.7 Å². The van der Waals surface area contributed by atoms with Gasteiger partial charge in [0.05, 0.1) is 18.1 Å². The minimum absolute atomic E-state index is 0.0512. The summed E-state index contributed by atoms with van der Waals surface area (Å²) in [4.78, 5) is 29.9. The molecule has 156 valence electrons. The third kappa shape index (κ3) is 4.11. The van der Waals surface area contributed by atoms with Gasteiger partial charge in [0.25, 0.3) is 0 Å². The predicted octanol–water partition coefficient (Wildman–Crippen LogP) is 4.00. The molecule has 1 aliphatic rings. The number of halogens is 2. The van der Waals surface area contributed by atoms with E-state index in [9.17, 15) is 14.0 Å². The van der Waals surface area contributed by atoms with Gasteiger partial charge in [-0.3, -0.25) is 9.59 Å². The molecule has 0 radical (unpaired) electrons. The molecule has 2 heterocycles. The number of ether oxygens (including phenoxy) is 1. The Bertz CT molecular complexity index is 1110. The van der Waals surface area contributed by atoms with E-state index >= 15 is 0 Å². The lowest BCUT2D eigenvalue weighted by Gasteiger charge is -2.16. The molecule has 3 aromatic rings. The van der Waals surface area contributed by atoms with Crippen LogP contribution in [0.1, 0.15) is 12.0 Å². The minimum Gasteiger partial charge on any atom is -0.497 e. The first-order chi connectivity index (χ1) is 14.4. The molecule has 1 aromatic heterocycles. The van der Waals surface area contributed by atoms with Gasteiger partial charge in [-0.2, -0.15) is 0 Å². The van der Waals surface area contributed by atoms with Crippen LogP contribution in [0.15, 0.2) is 42.6 Å². The summed E-state index contributed by atoms with van der Waals surface area (Å²) in [5.74, 6) is -0.551. The Morgan fingerprint density at radius 2 is 2.17 bits per heavy atom. The first-order valence-corrected chi connectivity index (χ1v) is 10.00. The van der Waals surface area contributed by atoms with Crippen LogP contribution in [0.3, 0.4) is 0 Å². The molecular formula is C22H21ClFN3O3. The highest BCUT2D eigenvalue weighted by Gasteiger charge is 2.34. The first kappa shape index (κ1) is 20.2. The van der Waals surface area contributed by atoms with Crippen molar-refractivity contribution in [2.24, 2.45) is 5.92 Å². The normalized spacial score (nSPS) is 16.3. The molecule has 2 amide bonds. The van der Waals surface area contributed by atoms with Crippen molar-refractivity contribution in [2.45, 2.75) is 12.8 Å². The quantitative estimate of drug-likeness (QED) is 0.622. The van der Waals surface area contributed by atoms with Crippen LogP contribution in [0.4, 0.5) is 10.1 Å². The Labute approximate surface area is 178 Å². The molecule has 0 unspecified atom stereocenters. The maximum absolute atomic E-state index is 13.3. The lowest BCUT2D eigenvalue weighted by atomic mass is 10.1. The van der Waals surface area contributed by atoms with E-state index in [4.69, 9.17) is 16.3 Å². The number of benzene rings is 2. The van der Waals surface area contributed by atoms with E-state index < -0.39 is 11.7 Å². The summed E-state index contributed by atoms with van der Waals surface area (Å²) in [6.07, 6.45) is 2.76. The number of H-pyrrole nitrogens is 1. The molecular weight excluding hydrogens is 409 g/mol. The Morgan fingerprint density at radius 1 is 1.33 bits per heavy atom. The van der Waals surface area contributed by atoms with Crippen molar-refractivity contribution in [3.63, 3.8) is 0 Å². The SMILES string of the molecule is COc1ccc2[nH]cc(CCN3C[C@@H](C(=O)Nc4ccc(F)c(Cl)c4)CC3=O)c2c1. The molecule has 0 spiro atoms. The zero-order valence-electron chi connectivity index (χ0n) is 16.4. The number of amides is 2. The second kappa shape index (κ2) is 8.36. The van der Waals surface area contributed by atoms with Gasteiger partial charge in [-0.25, -0.2) is 4.39 Å².